The first-order valence-corrected chi connectivity index (χ1v) is 15.5. The molecule has 3 rings (SSSR count). The predicted octanol–water partition coefficient (Wildman–Crippen LogP) is 4.61. The number of carbonyl (C=O) groups is 2. The highest BCUT2D eigenvalue weighted by Crippen LogP contribution is 2.21. The van der Waals surface area contributed by atoms with Crippen LogP contribution in [0.2, 0.25) is 0 Å². The Morgan fingerprint density at radius 1 is 0.923 bits per heavy atom. The number of nitrogens with one attached hydrogen (secondary N) is 1. The lowest BCUT2D eigenvalue weighted by molar-refractivity contribution is -0.140. The molecule has 3 aromatic carbocycles. The molecule has 1 unspecified atom stereocenters. The Bertz CT molecular complexity index is 1350. The molecule has 0 aliphatic rings. The molecule has 0 radical (unpaired) electrons. The van der Waals surface area contributed by atoms with Gasteiger partial charge in [-0.2, -0.15) is 0 Å². The lowest BCUT2D eigenvalue weighted by Crippen LogP contribution is -2.53. The Morgan fingerprint density at radius 2 is 1.54 bits per heavy atom. The highest BCUT2D eigenvalue weighted by molar-refractivity contribution is 14.1. The first-order chi connectivity index (χ1) is 18.4. The van der Waals surface area contributed by atoms with Gasteiger partial charge in [0.1, 0.15) is 18.4 Å². The summed E-state index contributed by atoms with van der Waals surface area (Å²) in [6.45, 7) is 3.86. The summed E-state index contributed by atoms with van der Waals surface area (Å²) >= 11 is 2.12. The third kappa shape index (κ3) is 9.31. The zero-order valence-electron chi connectivity index (χ0n) is 22.2. The second-order valence-corrected chi connectivity index (χ2v) is 12.9. The van der Waals surface area contributed by atoms with Crippen molar-refractivity contribution >= 4 is 50.1 Å². The molecule has 208 valence electrons. The maximum absolute atomic E-state index is 14.0. The minimum atomic E-state index is -3.83. The quantitative estimate of drug-likeness (QED) is 0.287. The lowest BCUT2D eigenvalue weighted by atomic mass is 10.0. The van der Waals surface area contributed by atoms with Crippen molar-refractivity contribution in [2.24, 2.45) is 5.92 Å². The Balaban J connectivity index is 2.03. The van der Waals surface area contributed by atoms with Crippen LogP contribution in [0.3, 0.4) is 0 Å². The Morgan fingerprint density at radius 3 is 2.10 bits per heavy atom. The van der Waals surface area contributed by atoms with E-state index in [-0.39, 0.29) is 24.8 Å². The first kappa shape index (κ1) is 30.6. The lowest BCUT2D eigenvalue weighted by Gasteiger charge is -2.33. The number of anilines is 1. The molecule has 10 heteroatoms. The van der Waals surface area contributed by atoms with Crippen LogP contribution in [0.4, 0.5) is 10.1 Å². The molecule has 0 bridgehead atoms. The summed E-state index contributed by atoms with van der Waals surface area (Å²) < 4.78 is 41.1. The van der Waals surface area contributed by atoms with Gasteiger partial charge in [-0.1, -0.05) is 56.3 Å². The van der Waals surface area contributed by atoms with Crippen LogP contribution in [0, 0.1) is 15.3 Å². The SMILES string of the molecule is CC(C)CNC(=O)C(Cc1ccccc1)N(Cc1ccc(F)cc1)C(=O)CN(c1ccc(I)cc1)S(C)(=O)=O. The molecule has 0 fully saturated rings. The van der Waals surface area contributed by atoms with E-state index in [9.17, 15) is 22.4 Å². The van der Waals surface area contributed by atoms with E-state index in [0.29, 0.717) is 17.8 Å². The molecule has 0 aromatic heterocycles. The zero-order chi connectivity index (χ0) is 28.6. The fraction of sp³-hybridized carbons (Fsp3) is 0.310. The summed E-state index contributed by atoms with van der Waals surface area (Å²) in [6, 6.07) is 20.9. The standard InChI is InChI=1S/C29H33FIN3O4S/c1-21(2)18-32-29(36)27(17-22-7-5-4-6-8-22)33(19-23-9-11-24(30)12-10-23)28(35)20-34(39(3,37)38)26-15-13-25(31)14-16-26/h4-16,21,27H,17-20H2,1-3H3,(H,32,36). The van der Waals surface area contributed by atoms with Gasteiger partial charge < -0.3 is 10.2 Å². The second-order valence-electron chi connectivity index (χ2n) is 9.74. The molecule has 2 amide bonds. The molecule has 0 saturated carbocycles. The predicted molar refractivity (Wildman–Crippen MR) is 160 cm³/mol. The highest BCUT2D eigenvalue weighted by Gasteiger charge is 2.33. The van der Waals surface area contributed by atoms with E-state index >= 15 is 0 Å². The Hall–Kier alpha value is -2.99. The van der Waals surface area contributed by atoms with Crippen molar-refractivity contribution in [2.45, 2.75) is 32.9 Å². The highest BCUT2D eigenvalue weighted by atomic mass is 127. The number of halogens is 2. The molecule has 7 nitrogen and oxygen atoms in total. The summed E-state index contributed by atoms with van der Waals surface area (Å²) in [5, 5.41) is 2.93. The third-order valence-electron chi connectivity index (χ3n) is 6.02. The molecule has 0 aliphatic heterocycles. The molecule has 39 heavy (non-hydrogen) atoms. The number of hydrogen-bond donors (Lipinski definition) is 1. The van der Waals surface area contributed by atoms with Crippen molar-refractivity contribution in [3.05, 3.63) is 99.4 Å². The van der Waals surface area contributed by atoms with E-state index in [1.165, 1.54) is 17.0 Å². The Labute approximate surface area is 243 Å². The number of rotatable bonds is 12. The number of nitrogens with zero attached hydrogens (tertiary/aromatic N) is 2. The summed E-state index contributed by atoms with van der Waals surface area (Å²) in [6.07, 6.45) is 1.26. The van der Waals surface area contributed by atoms with Gasteiger partial charge in [-0.05, 0) is 76.0 Å². The van der Waals surface area contributed by atoms with Gasteiger partial charge in [-0.3, -0.25) is 13.9 Å². The molecular formula is C29H33FIN3O4S. The topological polar surface area (TPSA) is 86.8 Å². The maximum atomic E-state index is 14.0. The normalized spacial score (nSPS) is 12.2. The monoisotopic (exact) mass is 665 g/mol. The van der Waals surface area contributed by atoms with Gasteiger partial charge in [0.25, 0.3) is 0 Å². The van der Waals surface area contributed by atoms with Crippen LogP contribution < -0.4 is 9.62 Å². The molecule has 0 aliphatic carbocycles. The smallest absolute Gasteiger partial charge is 0.244 e. The first-order valence-electron chi connectivity index (χ1n) is 12.5. The van der Waals surface area contributed by atoms with E-state index in [1.807, 2.05) is 44.2 Å². The number of benzene rings is 3. The van der Waals surface area contributed by atoms with Crippen LogP contribution in [0.25, 0.3) is 0 Å². The third-order valence-corrected chi connectivity index (χ3v) is 7.88. The van der Waals surface area contributed by atoms with Gasteiger partial charge in [0.15, 0.2) is 0 Å². The zero-order valence-corrected chi connectivity index (χ0v) is 25.2. The van der Waals surface area contributed by atoms with Crippen LogP contribution in [0.1, 0.15) is 25.0 Å². The van der Waals surface area contributed by atoms with Crippen LogP contribution >= 0.6 is 22.6 Å². The van der Waals surface area contributed by atoms with Crippen molar-refractivity contribution in [3.8, 4) is 0 Å². The minimum Gasteiger partial charge on any atom is -0.354 e. The number of sulfonamides is 1. The van der Waals surface area contributed by atoms with Crippen molar-refractivity contribution < 1.29 is 22.4 Å². The molecule has 1 N–H and O–H groups in total. The minimum absolute atomic E-state index is 0.00397. The average Bonchev–Trinajstić information content (AvgIpc) is 2.89. The van der Waals surface area contributed by atoms with E-state index in [4.69, 9.17) is 0 Å². The van der Waals surface area contributed by atoms with Gasteiger partial charge in [0, 0.05) is 23.1 Å². The van der Waals surface area contributed by atoms with E-state index in [0.717, 1.165) is 19.7 Å². The van der Waals surface area contributed by atoms with Crippen molar-refractivity contribution in [3.63, 3.8) is 0 Å². The van der Waals surface area contributed by atoms with Gasteiger partial charge in [0.2, 0.25) is 21.8 Å². The van der Waals surface area contributed by atoms with Crippen molar-refractivity contribution in [1.82, 2.24) is 10.2 Å². The largest absolute Gasteiger partial charge is 0.354 e. The molecular weight excluding hydrogens is 632 g/mol. The van der Waals surface area contributed by atoms with Gasteiger partial charge in [-0.15, -0.1) is 0 Å². The van der Waals surface area contributed by atoms with E-state index in [1.54, 1.807) is 36.4 Å². The molecule has 0 spiro atoms. The van der Waals surface area contributed by atoms with Crippen molar-refractivity contribution in [2.75, 3.05) is 23.7 Å². The molecule has 3 aromatic rings. The number of amides is 2. The molecule has 1 atom stereocenters. The Kier molecular flexibility index (Phi) is 10.9. The fourth-order valence-corrected chi connectivity index (χ4v) is 5.19. The van der Waals surface area contributed by atoms with Crippen LogP contribution in [-0.4, -0.2) is 50.5 Å². The fourth-order valence-electron chi connectivity index (χ4n) is 3.98. The van der Waals surface area contributed by atoms with Crippen molar-refractivity contribution in [1.29, 1.82) is 0 Å². The summed E-state index contributed by atoms with van der Waals surface area (Å²) in [5.41, 5.74) is 1.80. The van der Waals surface area contributed by atoms with Crippen LogP contribution in [0.5, 0.6) is 0 Å². The van der Waals surface area contributed by atoms with Gasteiger partial charge >= 0.3 is 0 Å². The average molecular weight is 666 g/mol. The molecule has 0 heterocycles. The second kappa shape index (κ2) is 13.9. The van der Waals surface area contributed by atoms with Crippen LogP contribution in [0.15, 0.2) is 78.9 Å². The summed E-state index contributed by atoms with van der Waals surface area (Å²) in [5.74, 6) is -1.13. The number of hydrogen-bond acceptors (Lipinski definition) is 4. The number of carbonyl (C=O) groups excluding carboxylic acids is 2. The van der Waals surface area contributed by atoms with Crippen LogP contribution in [-0.2, 0) is 32.6 Å². The van der Waals surface area contributed by atoms with E-state index in [2.05, 4.69) is 27.9 Å². The van der Waals surface area contributed by atoms with E-state index < -0.39 is 34.3 Å². The maximum Gasteiger partial charge on any atom is 0.244 e. The summed E-state index contributed by atoms with van der Waals surface area (Å²) in [4.78, 5) is 28.9. The van der Waals surface area contributed by atoms with Gasteiger partial charge in [-0.25, -0.2) is 12.8 Å². The summed E-state index contributed by atoms with van der Waals surface area (Å²) in [7, 11) is -3.83. The van der Waals surface area contributed by atoms with Gasteiger partial charge in [0.05, 0.1) is 11.9 Å². The molecule has 0 saturated heterocycles.